The molecule has 1 aliphatic heterocycles. The number of sulfone groups is 1. The summed E-state index contributed by atoms with van der Waals surface area (Å²) >= 11 is 0. The van der Waals surface area contributed by atoms with Crippen LogP contribution >= 0.6 is 0 Å². The summed E-state index contributed by atoms with van der Waals surface area (Å²) < 4.78 is 27.1. The van der Waals surface area contributed by atoms with Gasteiger partial charge in [-0.25, -0.2) is 8.42 Å². The summed E-state index contributed by atoms with van der Waals surface area (Å²) in [4.78, 5) is 24.3. The molecule has 18 heavy (non-hydrogen) atoms. The van der Waals surface area contributed by atoms with Gasteiger partial charge in [-0.15, -0.1) is 0 Å². The molecule has 0 bridgehead atoms. The molecule has 0 aliphatic carbocycles. The molecule has 1 atom stereocenters. The van der Waals surface area contributed by atoms with Gasteiger partial charge in [0.05, 0.1) is 24.5 Å². The molecule has 104 valence electrons. The summed E-state index contributed by atoms with van der Waals surface area (Å²) in [5.74, 6) is -0.828. The van der Waals surface area contributed by atoms with E-state index in [0.717, 1.165) is 0 Å². The third kappa shape index (κ3) is 4.29. The number of hydrogen-bond donors (Lipinski definition) is 0. The number of amides is 1. The Labute approximate surface area is 107 Å². The minimum atomic E-state index is -3.03. The van der Waals surface area contributed by atoms with Gasteiger partial charge in [-0.2, -0.15) is 0 Å². The Bertz CT molecular complexity index is 417. The van der Waals surface area contributed by atoms with Crippen LogP contribution in [0.3, 0.4) is 0 Å². The number of rotatable bonds is 5. The molecule has 1 amide bonds. The van der Waals surface area contributed by atoms with Gasteiger partial charge in [-0.05, 0) is 12.8 Å². The number of hydrogen-bond acceptors (Lipinski definition) is 5. The van der Waals surface area contributed by atoms with Crippen LogP contribution in [0.15, 0.2) is 0 Å². The van der Waals surface area contributed by atoms with E-state index in [4.69, 9.17) is 0 Å². The molecule has 1 heterocycles. The van der Waals surface area contributed by atoms with Crippen molar-refractivity contribution in [3.8, 4) is 0 Å². The zero-order valence-corrected chi connectivity index (χ0v) is 11.5. The molecule has 1 fully saturated rings. The van der Waals surface area contributed by atoms with Crippen LogP contribution in [0.5, 0.6) is 0 Å². The standard InChI is InChI=1S/C11H19NO5S/c1-12(6-3-4-10(13)17-2)11(14)9-5-7-18(15,16)8-9/h9H,3-8H2,1-2H3. The minimum absolute atomic E-state index is 0.0484. The minimum Gasteiger partial charge on any atom is -0.469 e. The molecule has 0 aromatic heterocycles. The Morgan fingerprint density at radius 1 is 1.39 bits per heavy atom. The fourth-order valence-corrected chi connectivity index (χ4v) is 3.71. The van der Waals surface area contributed by atoms with E-state index >= 15 is 0 Å². The first-order chi connectivity index (χ1) is 8.35. The van der Waals surface area contributed by atoms with Crippen LogP contribution in [0.25, 0.3) is 0 Å². The summed E-state index contributed by atoms with van der Waals surface area (Å²) in [5, 5.41) is 0. The normalized spacial score (nSPS) is 21.6. The van der Waals surface area contributed by atoms with Crippen LogP contribution < -0.4 is 0 Å². The molecule has 0 spiro atoms. The summed E-state index contributed by atoms with van der Waals surface area (Å²) in [6.45, 7) is 0.435. The van der Waals surface area contributed by atoms with Gasteiger partial charge in [0.15, 0.2) is 9.84 Å². The van der Waals surface area contributed by atoms with Crippen LogP contribution in [0, 0.1) is 5.92 Å². The van der Waals surface area contributed by atoms with Crippen molar-refractivity contribution in [3.63, 3.8) is 0 Å². The van der Waals surface area contributed by atoms with Crippen LogP contribution in [-0.2, 0) is 24.2 Å². The van der Waals surface area contributed by atoms with E-state index in [2.05, 4.69) is 4.74 Å². The molecule has 1 unspecified atom stereocenters. The fraction of sp³-hybridized carbons (Fsp3) is 0.818. The Kier molecular flexibility index (Phi) is 5.13. The highest BCUT2D eigenvalue weighted by atomic mass is 32.2. The average Bonchev–Trinajstić information content (AvgIpc) is 2.68. The Balaban J connectivity index is 2.36. The summed E-state index contributed by atoms with van der Waals surface area (Å²) in [6, 6.07) is 0. The zero-order chi connectivity index (χ0) is 13.8. The third-order valence-corrected chi connectivity index (χ3v) is 4.83. The lowest BCUT2D eigenvalue weighted by Crippen LogP contribution is -2.34. The van der Waals surface area contributed by atoms with Gasteiger partial charge in [0.2, 0.25) is 5.91 Å². The molecule has 1 rings (SSSR count). The highest BCUT2D eigenvalue weighted by molar-refractivity contribution is 7.91. The van der Waals surface area contributed by atoms with Crippen molar-refractivity contribution in [1.29, 1.82) is 0 Å². The number of esters is 1. The summed E-state index contributed by atoms with van der Waals surface area (Å²) in [6.07, 6.45) is 1.19. The van der Waals surface area contributed by atoms with E-state index in [1.54, 1.807) is 7.05 Å². The molecule has 0 aromatic rings. The first-order valence-electron chi connectivity index (χ1n) is 5.88. The predicted molar refractivity (Wildman–Crippen MR) is 65.6 cm³/mol. The van der Waals surface area contributed by atoms with E-state index in [1.165, 1.54) is 12.0 Å². The van der Waals surface area contributed by atoms with Crippen LogP contribution in [0.4, 0.5) is 0 Å². The van der Waals surface area contributed by atoms with Gasteiger partial charge >= 0.3 is 5.97 Å². The lowest BCUT2D eigenvalue weighted by Gasteiger charge is -2.20. The summed E-state index contributed by atoms with van der Waals surface area (Å²) in [5.41, 5.74) is 0. The highest BCUT2D eigenvalue weighted by Crippen LogP contribution is 2.20. The van der Waals surface area contributed by atoms with Crippen molar-refractivity contribution in [2.24, 2.45) is 5.92 Å². The van der Waals surface area contributed by atoms with Crippen molar-refractivity contribution < 1.29 is 22.7 Å². The van der Waals surface area contributed by atoms with E-state index in [9.17, 15) is 18.0 Å². The molecule has 1 saturated heterocycles. The molecular formula is C11H19NO5S. The van der Waals surface area contributed by atoms with Gasteiger partial charge in [0, 0.05) is 20.0 Å². The topological polar surface area (TPSA) is 80.8 Å². The van der Waals surface area contributed by atoms with Crippen LogP contribution in [0.1, 0.15) is 19.3 Å². The number of methoxy groups -OCH3 is 1. The van der Waals surface area contributed by atoms with Gasteiger partial charge < -0.3 is 9.64 Å². The average molecular weight is 277 g/mol. The lowest BCUT2D eigenvalue weighted by atomic mass is 10.1. The molecule has 6 nitrogen and oxygen atoms in total. The van der Waals surface area contributed by atoms with Crippen molar-refractivity contribution in [1.82, 2.24) is 4.90 Å². The van der Waals surface area contributed by atoms with E-state index in [1.807, 2.05) is 0 Å². The second-order valence-corrected chi connectivity index (χ2v) is 6.77. The van der Waals surface area contributed by atoms with Crippen molar-refractivity contribution in [3.05, 3.63) is 0 Å². The number of carbonyl (C=O) groups is 2. The smallest absolute Gasteiger partial charge is 0.305 e. The van der Waals surface area contributed by atoms with Crippen LogP contribution in [0.2, 0.25) is 0 Å². The van der Waals surface area contributed by atoms with E-state index in [-0.39, 0.29) is 29.8 Å². The fourth-order valence-electron chi connectivity index (χ4n) is 1.97. The maximum Gasteiger partial charge on any atom is 0.305 e. The second-order valence-electron chi connectivity index (χ2n) is 4.54. The lowest BCUT2D eigenvalue weighted by molar-refractivity contribution is -0.141. The largest absolute Gasteiger partial charge is 0.469 e. The number of nitrogens with zero attached hydrogens (tertiary/aromatic N) is 1. The zero-order valence-electron chi connectivity index (χ0n) is 10.7. The molecule has 0 aromatic carbocycles. The first-order valence-corrected chi connectivity index (χ1v) is 7.70. The summed E-state index contributed by atoms with van der Waals surface area (Å²) in [7, 11) is -0.0840. The van der Waals surface area contributed by atoms with Crippen molar-refractivity contribution >= 4 is 21.7 Å². The van der Waals surface area contributed by atoms with Crippen molar-refractivity contribution in [2.75, 3.05) is 32.2 Å². The predicted octanol–water partition coefficient (Wildman–Crippen LogP) is -0.167. The molecule has 7 heteroatoms. The van der Waals surface area contributed by atoms with Gasteiger partial charge in [-0.1, -0.05) is 0 Å². The Hall–Kier alpha value is -1.11. The second kappa shape index (κ2) is 6.17. The van der Waals surface area contributed by atoms with Gasteiger partial charge in [0.1, 0.15) is 0 Å². The Morgan fingerprint density at radius 3 is 2.56 bits per heavy atom. The van der Waals surface area contributed by atoms with Crippen molar-refractivity contribution in [2.45, 2.75) is 19.3 Å². The van der Waals surface area contributed by atoms with E-state index < -0.39 is 15.8 Å². The highest BCUT2D eigenvalue weighted by Gasteiger charge is 2.34. The molecule has 1 aliphatic rings. The first kappa shape index (κ1) is 14.9. The van der Waals surface area contributed by atoms with E-state index in [0.29, 0.717) is 19.4 Å². The quantitative estimate of drug-likeness (QED) is 0.652. The van der Waals surface area contributed by atoms with Crippen LogP contribution in [-0.4, -0.2) is 57.4 Å². The molecule has 0 N–H and O–H groups in total. The molecule has 0 saturated carbocycles. The monoisotopic (exact) mass is 277 g/mol. The number of ether oxygens (including phenoxy) is 1. The SMILES string of the molecule is COC(=O)CCCN(C)C(=O)C1CCS(=O)(=O)C1. The maximum absolute atomic E-state index is 11.9. The molecule has 0 radical (unpaired) electrons. The van der Waals surface area contributed by atoms with Gasteiger partial charge in [0.25, 0.3) is 0 Å². The Morgan fingerprint density at radius 2 is 2.06 bits per heavy atom. The third-order valence-electron chi connectivity index (χ3n) is 3.06. The number of carbonyl (C=O) groups excluding carboxylic acids is 2. The van der Waals surface area contributed by atoms with Gasteiger partial charge in [-0.3, -0.25) is 9.59 Å². The maximum atomic E-state index is 11.9. The molecular weight excluding hydrogens is 258 g/mol.